The van der Waals surface area contributed by atoms with Crippen molar-refractivity contribution >= 4 is 14.0 Å². The van der Waals surface area contributed by atoms with Crippen molar-refractivity contribution in [1.29, 1.82) is 0 Å². The first-order valence-electron chi connectivity index (χ1n) is 6.28. The zero-order valence-electron chi connectivity index (χ0n) is 11.8. The van der Waals surface area contributed by atoms with Gasteiger partial charge in [-0.2, -0.15) is 0 Å². The van der Waals surface area contributed by atoms with Gasteiger partial charge in [0.1, 0.15) is 5.60 Å². The molecule has 1 rings (SSSR count). The second-order valence-corrected chi connectivity index (χ2v) is 12.4. The fourth-order valence-corrected chi connectivity index (χ4v) is 5.62. The van der Waals surface area contributed by atoms with Crippen LogP contribution in [0.5, 0.6) is 0 Å². The van der Waals surface area contributed by atoms with Crippen molar-refractivity contribution in [1.82, 2.24) is 0 Å². The molecule has 0 spiro atoms. The van der Waals surface area contributed by atoms with Crippen molar-refractivity contribution in [3.8, 4) is 0 Å². The molecule has 2 nitrogen and oxygen atoms in total. The Balaban J connectivity index is 2.87. The molecule has 2 atom stereocenters. The number of rotatable bonds is 3. The van der Waals surface area contributed by atoms with E-state index < -0.39 is 8.07 Å². The summed E-state index contributed by atoms with van der Waals surface area (Å²) < 4.78 is 5.62. The zero-order chi connectivity index (χ0) is 12.8. The Labute approximate surface area is 101 Å². The predicted octanol–water partition coefficient (Wildman–Crippen LogP) is 3.84. The van der Waals surface area contributed by atoms with Gasteiger partial charge in [-0.3, -0.25) is 4.79 Å². The van der Waals surface area contributed by atoms with E-state index in [1.54, 1.807) is 0 Å². The summed E-state index contributed by atoms with van der Waals surface area (Å²) in [5, 5.41) is -0.102. The second-order valence-electron chi connectivity index (χ2n) is 7.03. The van der Waals surface area contributed by atoms with Gasteiger partial charge >= 0.3 is 5.97 Å². The smallest absolute Gasteiger partial charge is 0.310 e. The van der Waals surface area contributed by atoms with Gasteiger partial charge in [-0.05, 0) is 33.1 Å². The van der Waals surface area contributed by atoms with Crippen LogP contribution in [0.1, 0.15) is 40.5 Å². The van der Waals surface area contributed by atoms with E-state index in [9.17, 15) is 4.79 Å². The fraction of sp³-hybridized carbons (Fsp3) is 0.923. The molecule has 0 aromatic carbocycles. The van der Waals surface area contributed by atoms with Crippen LogP contribution in [-0.2, 0) is 9.53 Å². The number of hydrogen-bond acceptors (Lipinski definition) is 2. The standard InChI is InChI=1S/C13H26O2Si/c1-8-10-9-13(10,16(5,6)7)11(14)15-12(2,3)4/h10H,8-9H2,1-7H3/t10?,13-/m1/s1. The van der Waals surface area contributed by atoms with Gasteiger partial charge in [0.25, 0.3) is 0 Å². The summed E-state index contributed by atoms with van der Waals surface area (Å²) in [6.07, 6.45) is 2.15. The van der Waals surface area contributed by atoms with Crippen LogP contribution in [0.15, 0.2) is 0 Å². The zero-order valence-corrected chi connectivity index (χ0v) is 12.8. The molecular formula is C13H26O2Si. The fourth-order valence-electron chi connectivity index (χ4n) is 2.67. The maximum Gasteiger partial charge on any atom is 0.310 e. The van der Waals surface area contributed by atoms with Crippen LogP contribution < -0.4 is 0 Å². The Bertz CT molecular complexity index is 285. The van der Waals surface area contributed by atoms with Crippen molar-refractivity contribution in [2.75, 3.05) is 0 Å². The van der Waals surface area contributed by atoms with Crippen LogP contribution in [0.2, 0.25) is 24.7 Å². The molecule has 3 heteroatoms. The average molecular weight is 242 g/mol. The highest BCUT2D eigenvalue weighted by atomic mass is 28.3. The van der Waals surface area contributed by atoms with Gasteiger partial charge in [-0.1, -0.05) is 33.0 Å². The first-order valence-corrected chi connectivity index (χ1v) is 9.78. The minimum absolute atomic E-state index is 0.0611. The summed E-state index contributed by atoms with van der Waals surface area (Å²) in [5.74, 6) is 0.625. The Hall–Kier alpha value is -0.313. The lowest BCUT2D eigenvalue weighted by molar-refractivity contribution is -0.156. The molecule has 0 bridgehead atoms. The summed E-state index contributed by atoms with van der Waals surface area (Å²) in [5.41, 5.74) is -0.357. The van der Waals surface area contributed by atoms with Crippen LogP contribution in [-0.4, -0.2) is 19.6 Å². The van der Waals surface area contributed by atoms with Gasteiger partial charge in [-0.15, -0.1) is 0 Å². The topological polar surface area (TPSA) is 26.3 Å². The van der Waals surface area contributed by atoms with E-state index in [2.05, 4.69) is 26.6 Å². The largest absolute Gasteiger partial charge is 0.460 e. The molecule has 0 aromatic rings. The maximum absolute atomic E-state index is 12.4. The van der Waals surface area contributed by atoms with Crippen molar-refractivity contribution < 1.29 is 9.53 Å². The van der Waals surface area contributed by atoms with Gasteiger partial charge in [-0.25, -0.2) is 0 Å². The van der Waals surface area contributed by atoms with Crippen molar-refractivity contribution in [3.63, 3.8) is 0 Å². The molecule has 1 unspecified atom stereocenters. The highest BCUT2D eigenvalue weighted by Gasteiger charge is 2.67. The quantitative estimate of drug-likeness (QED) is 0.555. The molecule has 1 aliphatic rings. The summed E-state index contributed by atoms with van der Waals surface area (Å²) >= 11 is 0. The molecule has 0 amide bonds. The first-order chi connectivity index (χ1) is 7.04. The SMILES string of the molecule is CCC1C[C@@]1(C(=O)OC(C)(C)C)[Si](C)(C)C. The molecule has 0 saturated heterocycles. The molecular weight excluding hydrogens is 216 g/mol. The molecule has 0 heterocycles. The predicted molar refractivity (Wildman–Crippen MR) is 70.3 cm³/mol. The number of carbonyl (C=O) groups excluding carboxylic acids is 1. The minimum atomic E-state index is -1.50. The molecule has 0 N–H and O–H groups in total. The third-order valence-electron chi connectivity index (χ3n) is 3.70. The molecule has 0 radical (unpaired) electrons. The third-order valence-corrected chi connectivity index (χ3v) is 7.19. The van der Waals surface area contributed by atoms with Crippen LogP contribution in [0.3, 0.4) is 0 Å². The Kier molecular flexibility index (Phi) is 3.32. The summed E-state index contributed by atoms with van der Waals surface area (Å²) in [4.78, 5) is 12.4. The van der Waals surface area contributed by atoms with Gasteiger partial charge in [0.05, 0.1) is 13.1 Å². The van der Waals surface area contributed by atoms with Gasteiger partial charge in [0.15, 0.2) is 0 Å². The van der Waals surface area contributed by atoms with E-state index in [4.69, 9.17) is 4.74 Å². The molecule has 16 heavy (non-hydrogen) atoms. The van der Waals surface area contributed by atoms with E-state index in [-0.39, 0.29) is 16.6 Å². The summed E-state index contributed by atoms with van der Waals surface area (Å²) in [6.45, 7) is 14.9. The summed E-state index contributed by atoms with van der Waals surface area (Å²) in [7, 11) is -1.50. The molecule has 0 aromatic heterocycles. The van der Waals surface area contributed by atoms with Crippen LogP contribution >= 0.6 is 0 Å². The average Bonchev–Trinajstić information content (AvgIpc) is 2.73. The molecule has 94 valence electrons. The monoisotopic (exact) mass is 242 g/mol. The highest BCUT2D eigenvalue weighted by molar-refractivity contribution is 6.83. The summed E-state index contributed by atoms with van der Waals surface area (Å²) in [6, 6.07) is 0. The lowest BCUT2D eigenvalue weighted by atomic mass is 10.2. The number of carbonyl (C=O) groups is 1. The highest BCUT2D eigenvalue weighted by Crippen LogP contribution is 2.68. The van der Waals surface area contributed by atoms with Crippen LogP contribution in [0.25, 0.3) is 0 Å². The van der Waals surface area contributed by atoms with Crippen molar-refractivity contribution in [2.45, 2.75) is 70.8 Å². The van der Waals surface area contributed by atoms with Crippen LogP contribution in [0, 0.1) is 5.92 Å². The third kappa shape index (κ3) is 2.34. The van der Waals surface area contributed by atoms with Crippen LogP contribution in [0.4, 0.5) is 0 Å². The van der Waals surface area contributed by atoms with E-state index in [1.807, 2.05) is 20.8 Å². The Morgan fingerprint density at radius 1 is 1.38 bits per heavy atom. The first kappa shape index (κ1) is 13.8. The van der Waals surface area contributed by atoms with Crippen molar-refractivity contribution in [2.24, 2.45) is 5.92 Å². The van der Waals surface area contributed by atoms with Gasteiger partial charge in [0.2, 0.25) is 0 Å². The lowest BCUT2D eigenvalue weighted by Crippen LogP contribution is -2.40. The van der Waals surface area contributed by atoms with Gasteiger partial charge < -0.3 is 4.74 Å². The molecule has 0 aliphatic heterocycles. The van der Waals surface area contributed by atoms with Crippen molar-refractivity contribution in [3.05, 3.63) is 0 Å². The van der Waals surface area contributed by atoms with Gasteiger partial charge in [0, 0.05) is 0 Å². The van der Waals surface area contributed by atoms with E-state index in [0.29, 0.717) is 5.92 Å². The van der Waals surface area contributed by atoms with E-state index >= 15 is 0 Å². The molecule has 1 fully saturated rings. The number of esters is 1. The second kappa shape index (κ2) is 3.86. The Morgan fingerprint density at radius 3 is 2.12 bits per heavy atom. The van der Waals surface area contributed by atoms with E-state index in [0.717, 1.165) is 12.8 Å². The molecule has 1 aliphatic carbocycles. The lowest BCUT2D eigenvalue weighted by Gasteiger charge is -2.32. The normalized spacial score (nSPS) is 30.1. The maximum atomic E-state index is 12.4. The Morgan fingerprint density at radius 2 is 1.88 bits per heavy atom. The number of hydrogen-bond donors (Lipinski definition) is 0. The number of ether oxygens (including phenoxy) is 1. The minimum Gasteiger partial charge on any atom is -0.460 e. The molecule has 1 saturated carbocycles. The van der Waals surface area contributed by atoms with E-state index in [1.165, 1.54) is 0 Å².